The summed E-state index contributed by atoms with van der Waals surface area (Å²) in [7, 11) is 0. The van der Waals surface area contributed by atoms with Gasteiger partial charge in [-0.05, 0) is 18.6 Å². The van der Waals surface area contributed by atoms with Gasteiger partial charge in [0.15, 0.2) is 5.13 Å². The Morgan fingerprint density at radius 1 is 1.47 bits per heavy atom. The lowest BCUT2D eigenvalue weighted by molar-refractivity contribution is 0.614. The Morgan fingerprint density at radius 2 is 2.27 bits per heavy atom. The topological polar surface area (TPSA) is 38.9 Å². The van der Waals surface area contributed by atoms with Crippen molar-refractivity contribution in [2.45, 2.75) is 13.3 Å². The number of nitrogens with zero attached hydrogens (tertiary/aromatic N) is 1. The molecule has 1 aromatic heterocycles. The maximum Gasteiger partial charge on any atom is 0.180 e. The van der Waals surface area contributed by atoms with Gasteiger partial charge in [-0.3, -0.25) is 0 Å². The van der Waals surface area contributed by atoms with Crippen LogP contribution in [0, 0.1) is 12.7 Å². The summed E-state index contributed by atoms with van der Waals surface area (Å²) in [4.78, 5) is 4.92. The molecule has 2 nitrogen and oxygen atoms in total. The first-order valence-electron chi connectivity index (χ1n) is 4.60. The van der Waals surface area contributed by atoms with Crippen LogP contribution in [0.15, 0.2) is 24.4 Å². The maximum absolute atomic E-state index is 13.4. The van der Waals surface area contributed by atoms with E-state index < -0.39 is 0 Å². The van der Waals surface area contributed by atoms with E-state index in [1.165, 1.54) is 17.4 Å². The number of rotatable bonds is 2. The first kappa shape index (κ1) is 10.1. The molecule has 0 aliphatic heterocycles. The number of halogens is 1. The molecule has 0 amide bonds. The second-order valence-corrected chi connectivity index (χ2v) is 4.58. The molecular formula is C11H11FN2S. The third-order valence-corrected chi connectivity index (χ3v) is 2.96. The molecule has 0 saturated heterocycles. The zero-order valence-electron chi connectivity index (χ0n) is 8.33. The molecule has 0 saturated carbocycles. The van der Waals surface area contributed by atoms with E-state index in [2.05, 4.69) is 4.98 Å². The summed E-state index contributed by atoms with van der Waals surface area (Å²) in [6.07, 6.45) is 2.25. The van der Waals surface area contributed by atoms with Gasteiger partial charge in [0.05, 0.1) is 0 Å². The van der Waals surface area contributed by atoms with Crippen LogP contribution in [0.2, 0.25) is 0 Å². The minimum Gasteiger partial charge on any atom is -0.375 e. The average molecular weight is 222 g/mol. The van der Waals surface area contributed by atoms with Crippen molar-refractivity contribution in [3.8, 4) is 0 Å². The van der Waals surface area contributed by atoms with Crippen molar-refractivity contribution in [3.63, 3.8) is 0 Å². The van der Waals surface area contributed by atoms with Crippen LogP contribution < -0.4 is 5.73 Å². The van der Waals surface area contributed by atoms with Gasteiger partial charge in [-0.1, -0.05) is 17.7 Å². The summed E-state index contributed by atoms with van der Waals surface area (Å²) in [5.41, 5.74) is 7.27. The Balaban J connectivity index is 2.27. The van der Waals surface area contributed by atoms with Gasteiger partial charge in [-0.2, -0.15) is 0 Å². The highest BCUT2D eigenvalue weighted by molar-refractivity contribution is 7.15. The van der Waals surface area contributed by atoms with Gasteiger partial charge in [0.2, 0.25) is 0 Å². The fraction of sp³-hybridized carbons (Fsp3) is 0.182. The summed E-state index contributed by atoms with van der Waals surface area (Å²) < 4.78 is 13.4. The molecule has 0 bridgehead atoms. The number of aryl methyl sites for hydroxylation is 1. The van der Waals surface area contributed by atoms with E-state index in [0.29, 0.717) is 17.1 Å². The molecule has 78 valence electrons. The summed E-state index contributed by atoms with van der Waals surface area (Å²) in [5, 5.41) is 0.526. The first-order valence-corrected chi connectivity index (χ1v) is 5.42. The van der Waals surface area contributed by atoms with Crippen molar-refractivity contribution in [1.29, 1.82) is 0 Å². The molecule has 15 heavy (non-hydrogen) atoms. The van der Waals surface area contributed by atoms with Crippen LogP contribution >= 0.6 is 11.3 Å². The molecule has 0 fully saturated rings. The lowest BCUT2D eigenvalue weighted by Gasteiger charge is -2.02. The third kappa shape index (κ3) is 2.33. The zero-order chi connectivity index (χ0) is 10.8. The molecule has 1 aromatic carbocycles. The Labute approximate surface area is 91.6 Å². The van der Waals surface area contributed by atoms with Crippen LogP contribution in [0.25, 0.3) is 0 Å². The van der Waals surface area contributed by atoms with Crippen LogP contribution in [-0.4, -0.2) is 4.98 Å². The zero-order valence-corrected chi connectivity index (χ0v) is 9.14. The number of thiazole rings is 1. The lowest BCUT2D eigenvalue weighted by Crippen LogP contribution is -1.91. The smallest absolute Gasteiger partial charge is 0.180 e. The van der Waals surface area contributed by atoms with Gasteiger partial charge < -0.3 is 5.73 Å². The predicted octanol–water partition coefficient (Wildman–Crippen LogP) is 2.76. The largest absolute Gasteiger partial charge is 0.375 e. The Kier molecular flexibility index (Phi) is 2.68. The number of anilines is 1. The fourth-order valence-corrected chi connectivity index (χ4v) is 2.14. The molecule has 1 heterocycles. The van der Waals surface area contributed by atoms with Crippen molar-refractivity contribution in [2.24, 2.45) is 0 Å². The van der Waals surface area contributed by atoms with Gasteiger partial charge in [0.25, 0.3) is 0 Å². The molecule has 2 rings (SSSR count). The SMILES string of the molecule is Cc1ccc(F)c(Cc2cnc(N)s2)c1. The monoisotopic (exact) mass is 222 g/mol. The summed E-state index contributed by atoms with van der Waals surface area (Å²) >= 11 is 1.40. The van der Waals surface area contributed by atoms with Crippen LogP contribution in [0.5, 0.6) is 0 Å². The quantitative estimate of drug-likeness (QED) is 0.848. The molecule has 4 heteroatoms. The van der Waals surface area contributed by atoms with Gasteiger partial charge in [-0.15, -0.1) is 11.3 Å². The van der Waals surface area contributed by atoms with Crippen LogP contribution in [0.3, 0.4) is 0 Å². The van der Waals surface area contributed by atoms with Crippen molar-refractivity contribution >= 4 is 16.5 Å². The number of benzene rings is 1. The molecule has 0 spiro atoms. The van der Waals surface area contributed by atoms with E-state index in [-0.39, 0.29) is 5.82 Å². The highest BCUT2D eigenvalue weighted by atomic mass is 32.1. The van der Waals surface area contributed by atoms with E-state index >= 15 is 0 Å². The number of nitrogens with two attached hydrogens (primary N) is 1. The number of nitrogen functional groups attached to an aromatic ring is 1. The highest BCUT2D eigenvalue weighted by Crippen LogP contribution is 2.20. The molecular weight excluding hydrogens is 211 g/mol. The number of hydrogen-bond acceptors (Lipinski definition) is 3. The minimum atomic E-state index is -0.174. The molecule has 2 aromatic rings. The second kappa shape index (κ2) is 3.98. The van der Waals surface area contributed by atoms with Gasteiger partial charge in [0.1, 0.15) is 5.82 Å². The summed E-state index contributed by atoms with van der Waals surface area (Å²) in [5.74, 6) is -0.174. The number of aromatic nitrogens is 1. The van der Waals surface area contributed by atoms with E-state index in [0.717, 1.165) is 10.4 Å². The van der Waals surface area contributed by atoms with E-state index in [1.807, 2.05) is 13.0 Å². The highest BCUT2D eigenvalue weighted by Gasteiger charge is 2.05. The number of hydrogen-bond donors (Lipinski definition) is 1. The summed E-state index contributed by atoms with van der Waals surface area (Å²) in [6, 6.07) is 5.11. The Bertz CT molecular complexity index is 479. The fourth-order valence-electron chi connectivity index (χ4n) is 1.43. The van der Waals surface area contributed by atoms with Crippen molar-refractivity contribution in [2.75, 3.05) is 5.73 Å². The average Bonchev–Trinajstić information content (AvgIpc) is 2.58. The minimum absolute atomic E-state index is 0.174. The third-order valence-electron chi connectivity index (χ3n) is 2.14. The molecule has 0 unspecified atom stereocenters. The molecule has 0 aliphatic rings. The molecule has 0 aliphatic carbocycles. The van der Waals surface area contributed by atoms with E-state index in [9.17, 15) is 4.39 Å². The van der Waals surface area contributed by atoms with E-state index in [1.54, 1.807) is 12.3 Å². The van der Waals surface area contributed by atoms with Crippen molar-refractivity contribution in [3.05, 3.63) is 46.2 Å². The molecule has 2 N–H and O–H groups in total. The maximum atomic E-state index is 13.4. The van der Waals surface area contributed by atoms with Gasteiger partial charge in [-0.25, -0.2) is 9.37 Å². The van der Waals surface area contributed by atoms with Crippen molar-refractivity contribution < 1.29 is 4.39 Å². The predicted molar refractivity (Wildman–Crippen MR) is 60.5 cm³/mol. The second-order valence-electron chi connectivity index (χ2n) is 3.44. The van der Waals surface area contributed by atoms with Gasteiger partial charge in [0, 0.05) is 17.5 Å². The first-order chi connectivity index (χ1) is 7.15. The summed E-state index contributed by atoms with van der Waals surface area (Å²) in [6.45, 7) is 1.95. The standard InChI is InChI=1S/C11H11FN2S/c1-7-2-3-10(12)8(4-7)5-9-6-14-11(13)15-9/h2-4,6H,5H2,1H3,(H2,13,14). The van der Waals surface area contributed by atoms with Gasteiger partial charge >= 0.3 is 0 Å². The van der Waals surface area contributed by atoms with E-state index in [4.69, 9.17) is 5.73 Å². The molecule has 0 radical (unpaired) electrons. The lowest BCUT2D eigenvalue weighted by atomic mass is 10.1. The molecule has 0 atom stereocenters. The normalized spacial score (nSPS) is 10.5. The van der Waals surface area contributed by atoms with Crippen LogP contribution in [-0.2, 0) is 6.42 Å². The Hall–Kier alpha value is -1.42. The Morgan fingerprint density at radius 3 is 2.93 bits per heavy atom. The van der Waals surface area contributed by atoms with Crippen LogP contribution in [0.1, 0.15) is 16.0 Å². The van der Waals surface area contributed by atoms with Crippen molar-refractivity contribution in [1.82, 2.24) is 4.98 Å². The van der Waals surface area contributed by atoms with Crippen LogP contribution in [0.4, 0.5) is 9.52 Å².